The van der Waals surface area contributed by atoms with Crippen LogP contribution in [0, 0.1) is 12.7 Å². The molecule has 0 bridgehead atoms. The maximum Gasteiger partial charge on any atom is 0.281 e. The highest BCUT2D eigenvalue weighted by Crippen LogP contribution is 2.31. The van der Waals surface area contributed by atoms with Gasteiger partial charge in [0.1, 0.15) is 5.82 Å². The molecule has 0 unspecified atom stereocenters. The van der Waals surface area contributed by atoms with E-state index in [4.69, 9.17) is 0 Å². The molecule has 1 N–H and O–H groups in total. The van der Waals surface area contributed by atoms with Gasteiger partial charge in [-0.15, -0.1) is 11.3 Å². The lowest BCUT2D eigenvalue weighted by molar-refractivity contribution is -0.115. The van der Waals surface area contributed by atoms with Crippen molar-refractivity contribution in [3.63, 3.8) is 0 Å². The summed E-state index contributed by atoms with van der Waals surface area (Å²) in [6.07, 6.45) is 1.68. The molecule has 1 aliphatic rings. The summed E-state index contributed by atoms with van der Waals surface area (Å²) in [6.45, 7) is 1.88. The van der Waals surface area contributed by atoms with Crippen molar-refractivity contribution in [1.82, 2.24) is 19.7 Å². The topological polar surface area (TPSA) is 81.3 Å². The number of aromatic nitrogens is 3. The van der Waals surface area contributed by atoms with Gasteiger partial charge in [-0.25, -0.2) is 14.1 Å². The van der Waals surface area contributed by atoms with Gasteiger partial charge in [-0.05, 0) is 54.6 Å². The van der Waals surface area contributed by atoms with Crippen LogP contribution in [0.1, 0.15) is 11.3 Å². The Morgan fingerprint density at radius 2 is 1.82 bits per heavy atom. The first-order valence-corrected chi connectivity index (χ1v) is 12.0. The third-order valence-electron chi connectivity index (χ3n) is 5.32. The second kappa shape index (κ2) is 8.88. The summed E-state index contributed by atoms with van der Waals surface area (Å²) in [5.41, 5.74) is 3.15. The zero-order chi connectivity index (χ0) is 23.8. The third kappa shape index (κ3) is 4.13. The number of aliphatic imine (C=N–C) groups is 1. The fourth-order valence-corrected chi connectivity index (χ4v) is 5.13. The summed E-state index contributed by atoms with van der Waals surface area (Å²) >= 11 is 2.47. The van der Waals surface area contributed by atoms with E-state index in [2.05, 4.69) is 15.3 Å². The fraction of sp³-hybridized carbons (Fsp3) is 0.0833. The molecule has 7 nitrogen and oxygen atoms in total. The number of nitrogens with zero attached hydrogens (tertiary/aromatic N) is 4. The van der Waals surface area contributed by atoms with E-state index in [1.165, 1.54) is 35.2 Å². The minimum atomic E-state index is -0.336. The number of amidine groups is 1. The first kappa shape index (κ1) is 22.1. The normalized spacial score (nSPS) is 15.9. The van der Waals surface area contributed by atoms with Crippen molar-refractivity contribution in [3.8, 4) is 16.9 Å². The van der Waals surface area contributed by atoms with Crippen molar-refractivity contribution in [2.24, 2.45) is 12.0 Å². The molecular formula is C24H18FN5O2S2. The van der Waals surface area contributed by atoms with E-state index < -0.39 is 0 Å². The molecule has 0 aliphatic carbocycles. The Bertz CT molecular complexity index is 1520. The Hall–Kier alpha value is -3.76. The van der Waals surface area contributed by atoms with E-state index >= 15 is 0 Å². The van der Waals surface area contributed by atoms with Crippen molar-refractivity contribution in [3.05, 3.63) is 92.3 Å². The highest BCUT2D eigenvalue weighted by Gasteiger charge is 2.25. The minimum Gasteiger partial charge on any atom is -0.300 e. The number of halogens is 1. The van der Waals surface area contributed by atoms with Crippen LogP contribution in [-0.2, 0) is 11.8 Å². The van der Waals surface area contributed by atoms with Gasteiger partial charge in [0.2, 0.25) is 5.13 Å². The number of thiazole rings is 1. The number of hydrogen-bond donors (Lipinski definition) is 1. The van der Waals surface area contributed by atoms with Gasteiger partial charge >= 0.3 is 0 Å². The molecule has 0 radical (unpaired) electrons. The molecule has 2 aromatic heterocycles. The SMILES string of the molecule is Cc1c(-c2csc(/N=C3\NC(=O)/C(=C\c4ccc(F)cc4)S3)n2)c(=O)n(-c2ccccc2)n1C. The lowest BCUT2D eigenvalue weighted by Crippen LogP contribution is -2.20. The van der Waals surface area contributed by atoms with Crippen molar-refractivity contribution in [2.45, 2.75) is 6.92 Å². The first-order valence-electron chi connectivity index (χ1n) is 10.3. The fourth-order valence-electron chi connectivity index (χ4n) is 3.57. The van der Waals surface area contributed by atoms with Gasteiger partial charge in [-0.1, -0.05) is 30.3 Å². The van der Waals surface area contributed by atoms with Crippen molar-refractivity contribution >= 4 is 45.4 Å². The quantitative estimate of drug-likeness (QED) is 0.422. The Kier molecular flexibility index (Phi) is 5.76. The third-order valence-corrected chi connectivity index (χ3v) is 6.96. The number of hydrogen-bond acceptors (Lipinski definition) is 6. The Morgan fingerprint density at radius 3 is 2.56 bits per heavy atom. The van der Waals surface area contributed by atoms with Crippen LogP contribution in [0.3, 0.4) is 0 Å². The molecular weight excluding hydrogens is 473 g/mol. The highest BCUT2D eigenvalue weighted by atomic mass is 32.2. The first-order chi connectivity index (χ1) is 16.4. The number of carbonyl (C=O) groups excluding carboxylic acids is 1. The van der Waals surface area contributed by atoms with Gasteiger partial charge in [-0.3, -0.25) is 14.3 Å². The van der Waals surface area contributed by atoms with Crippen LogP contribution in [0.15, 0.2) is 74.7 Å². The molecule has 0 saturated carbocycles. The van der Waals surface area contributed by atoms with E-state index in [1.54, 1.807) is 33.0 Å². The molecule has 0 spiro atoms. The van der Waals surface area contributed by atoms with Crippen LogP contribution in [-0.4, -0.2) is 25.4 Å². The number of benzene rings is 2. The molecule has 10 heteroatoms. The number of para-hydroxylation sites is 1. The molecule has 1 fully saturated rings. The van der Waals surface area contributed by atoms with E-state index in [0.29, 0.717) is 32.0 Å². The maximum atomic E-state index is 13.2. The zero-order valence-corrected chi connectivity index (χ0v) is 19.8. The van der Waals surface area contributed by atoms with Crippen LogP contribution < -0.4 is 10.9 Å². The zero-order valence-electron chi connectivity index (χ0n) is 18.2. The standard InChI is InChI=1S/C24H18FN5O2S2/c1-14-20(22(32)30(29(14)2)17-6-4-3-5-7-17)18-13-33-23(26-18)28-24-27-21(31)19(34-24)12-15-8-10-16(25)11-9-15/h3-13H,1-2H3,(H,26,27,28,31)/b19-12+. The Balaban J connectivity index is 1.43. The molecule has 1 saturated heterocycles. The summed E-state index contributed by atoms with van der Waals surface area (Å²) in [7, 11) is 1.83. The predicted molar refractivity (Wildman–Crippen MR) is 134 cm³/mol. The molecule has 1 amide bonds. The monoisotopic (exact) mass is 491 g/mol. The molecule has 170 valence electrons. The van der Waals surface area contributed by atoms with Crippen LogP contribution >= 0.6 is 23.1 Å². The van der Waals surface area contributed by atoms with Gasteiger partial charge < -0.3 is 5.32 Å². The molecule has 1 aliphatic heterocycles. The maximum absolute atomic E-state index is 13.2. The number of thioether (sulfide) groups is 1. The number of amides is 1. The lowest BCUT2D eigenvalue weighted by Gasteiger charge is -2.07. The number of rotatable bonds is 4. The Labute approximate surface area is 202 Å². The van der Waals surface area contributed by atoms with Crippen LogP contribution in [0.5, 0.6) is 0 Å². The van der Waals surface area contributed by atoms with Crippen molar-refractivity contribution in [1.29, 1.82) is 0 Å². The Morgan fingerprint density at radius 1 is 1.09 bits per heavy atom. The van der Waals surface area contributed by atoms with Crippen molar-refractivity contribution in [2.75, 3.05) is 0 Å². The largest absolute Gasteiger partial charge is 0.300 e. The van der Waals surface area contributed by atoms with E-state index in [-0.39, 0.29) is 17.3 Å². The summed E-state index contributed by atoms with van der Waals surface area (Å²) in [5, 5.41) is 5.33. The molecule has 2 aromatic carbocycles. The minimum absolute atomic E-state index is 0.163. The summed E-state index contributed by atoms with van der Waals surface area (Å²) in [6, 6.07) is 15.3. The highest BCUT2D eigenvalue weighted by molar-refractivity contribution is 8.18. The van der Waals surface area contributed by atoms with Gasteiger partial charge in [0.05, 0.1) is 21.8 Å². The molecule has 0 atom stereocenters. The second-order valence-electron chi connectivity index (χ2n) is 7.49. The van der Waals surface area contributed by atoms with Gasteiger partial charge in [0.25, 0.3) is 11.5 Å². The molecule has 4 aromatic rings. The van der Waals surface area contributed by atoms with Crippen LogP contribution in [0.4, 0.5) is 9.52 Å². The molecule has 34 heavy (non-hydrogen) atoms. The summed E-state index contributed by atoms with van der Waals surface area (Å²) in [5.74, 6) is -0.619. The number of nitrogens with one attached hydrogen (secondary N) is 1. The van der Waals surface area contributed by atoms with E-state index in [9.17, 15) is 14.0 Å². The molecule has 3 heterocycles. The van der Waals surface area contributed by atoms with Crippen molar-refractivity contribution < 1.29 is 9.18 Å². The van der Waals surface area contributed by atoms with E-state index in [0.717, 1.165) is 11.4 Å². The van der Waals surface area contributed by atoms with E-state index in [1.807, 2.05) is 44.3 Å². The number of carbonyl (C=O) groups is 1. The smallest absolute Gasteiger partial charge is 0.281 e. The van der Waals surface area contributed by atoms with Crippen LogP contribution in [0.2, 0.25) is 0 Å². The average molecular weight is 492 g/mol. The summed E-state index contributed by atoms with van der Waals surface area (Å²) < 4.78 is 16.5. The second-order valence-corrected chi connectivity index (χ2v) is 9.35. The predicted octanol–water partition coefficient (Wildman–Crippen LogP) is 4.64. The van der Waals surface area contributed by atoms with Gasteiger partial charge in [0.15, 0.2) is 5.17 Å². The summed E-state index contributed by atoms with van der Waals surface area (Å²) in [4.78, 5) is 35.0. The lowest BCUT2D eigenvalue weighted by atomic mass is 10.2. The average Bonchev–Trinajstić information content (AvgIpc) is 3.48. The molecule has 5 rings (SSSR count). The van der Waals surface area contributed by atoms with Crippen LogP contribution in [0.25, 0.3) is 23.0 Å². The van der Waals surface area contributed by atoms with Gasteiger partial charge in [-0.2, -0.15) is 4.99 Å². The van der Waals surface area contributed by atoms with Gasteiger partial charge in [0, 0.05) is 18.1 Å².